The maximum absolute atomic E-state index is 11.3. The van der Waals surface area contributed by atoms with Gasteiger partial charge in [-0.25, -0.2) is 18.1 Å². The molecule has 0 bridgehead atoms. The fourth-order valence-electron chi connectivity index (χ4n) is 3.55. The molecule has 1 aliphatic carbocycles. The van der Waals surface area contributed by atoms with Crippen LogP contribution in [0.3, 0.4) is 0 Å². The summed E-state index contributed by atoms with van der Waals surface area (Å²) >= 11 is 6.35. The van der Waals surface area contributed by atoms with Gasteiger partial charge in [-0.2, -0.15) is 5.26 Å². The van der Waals surface area contributed by atoms with Gasteiger partial charge in [0.1, 0.15) is 17.6 Å². The van der Waals surface area contributed by atoms with Gasteiger partial charge >= 0.3 is 0 Å². The molecule has 4 aromatic rings. The first kappa shape index (κ1) is 24.0. The maximum Gasteiger partial charge on any atom is 0.209 e. The summed E-state index contributed by atoms with van der Waals surface area (Å²) in [7, 11) is -3.31. The van der Waals surface area contributed by atoms with E-state index in [-0.39, 0.29) is 12.6 Å². The van der Waals surface area contributed by atoms with Crippen molar-refractivity contribution in [3.63, 3.8) is 0 Å². The van der Waals surface area contributed by atoms with Gasteiger partial charge in [0.25, 0.3) is 0 Å². The monoisotopic (exact) mass is 520 g/mol. The van der Waals surface area contributed by atoms with E-state index < -0.39 is 10.0 Å². The van der Waals surface area contributed by atoms with Crippen molar-refractivity contribution in [3.8, 4) is 34.4 Å². The van der Waals surface area contributed by atoms with Gasteiger partial charge in [0.05, 0.1) is 52.4 Å². The average molecular weight is 521 g/mol. The minimum atomic E-state index is -3.31. The summed E-state index contributed by atoms with van der Waals surface area (Å²) in [6.45, 7) is 0.0856. The zero-order valence-corrected chi connectivity index (χ0v) is 20.8. The largest absolute Gasteiger partial charge is 0.487 e. The van der Waals surface area contributed by atoms with Crippen LogP contribution in [0.25, 0.3) is 22.2 Å². The molecule has 1 heterocycles. The molecule has 5 rings (SSSR count). The number of fused-ring (bicyclic) bond motifs is 1. The number of aromatic nitrogens is 2. The summed E-state index contributed by atoms with van der Waals surface area (Å²) in [5, 5.41) is 9.84. The number of hydrogen-bond donors (Lipinski definition) is 1. The second-order valence-corrected chi connectivity index (χ2v) is 10.7. The topological polar surface area (TPSA) is 114 Å². The van der Waals surface area contributed by atoms with Crippen molar-refractivity contribution in [2.24, 2.45) is 0 Å². The molecule has 0 spiro atoms. The number of rotatable bonds is 8. The minimum Gasteiger partial charge on any atom is -0.487 e. The maximum atomic E-state index is 11.3. The van der Waals surface area contributed by atoms with Crippen LogP contribution in [0.2, 0.25) is 5.02 Å². The van der Waals surface area contributed by atoms with Crippen molar-refractivity contribution in [1.29, 1.82) is 5.26 Å². The van der Waals surface area contributed by atoms with Crippen LogP contribution < -0.4 is 14.2 Å². The zero-order valence-electron chi connectivity index (χ0n) is 19.2. The molecule has 0 aliphatic heterocycles. The normalized spacial score (nSPS) is 13.4. The highest BCUT2D eigenvalue weighted by Gasteiger charge is 2.26. The lowest BCUT2D eigenvalue weighted by atomic mass is 10.0. The van der Waals surface area contributed by atoms with E-state index in [2.05, 4.69) is 20.8 Å². The molecule has 0 amide bonds. The third-order valence-electron chi connectivity index (χ3n) is 5.48. The smallest absolute Gasteiger partial charge is 0.209 e. The Balaban J connectivity index is 1.32. The molecule has 182 valence electrons. The Kier molecular flexibility index (Phi) is 6.49. The number of nitrogens with zero attached hydrogens (tertiary/aromatic N) is 3. The highest BCUT2D eigenvalue weighted by atomic mass is 35.5. The van der Waals surface area contributed by atoms with E-state index in [1.807, 2.05) is 42.5 Å². The molecule has 10 heteroatoms. The van der Waals surface area contributed by atoms with Gasteiger partial charge in [0.15, 0.2) is 5.75 Å². The molecule has 0 atom stereocenters. The van der Waals surface area contributed by atoms with Crippen molar-refractivity contribution < 1.29 is 17.9 Å². The molecule has 0 unspecified atom stereocenters. The van der Waals surface area contributed by atoms with Gasteiger partial charge in [-0.05, 0) is 48.2 Å². The van der Waals surface area contributed by atoms with Gasteiger partial charge in [-0.3, -0.25) is 4.98 Å². The summed E-state index contributed by atoms with van der Waals surface area (Å²) in [5.74, 6) is 1.45. The van der Waals surface area contributed by atoms with E-state index in [0.29, 0.717) is 44.6 Å². The number of benzene rings is 3. The summed E-state index contributed by atoms with van der Waals surface area (Å²) in [5.41, 5.74) is 4.15. The number of ether oxygens (including phenoxy) is 2. The summed E-state index contributed by atoms with van der Waals surface area (Å²) < 4.78 is 36.7. The van der Waals surface area contributed by atoms with Gasteiger partial charge in [0, 0.05) is 12.1 Å². The van der Waals surface area contributed by atoms with Crippen LogP contribution in [0.1, 0.15) is 24.1 Å². The van der Waals surface area contributed by atoms with E-state index >= 15 is 0 Å². The van der Waals surface area contributed by atoms with E-state index in [4.69, 9.17) is 21.1 Å². The third kappa shape index (κ3) is 5.74. The predicted molar refractivity (Wildman–Crippen MR) is 137 cm³/mol. The molecule has 0 radical (unpaired) electrons. The predicted octanol–water partition coefficient (Wildman–Crippen LogP) is 5.20. The molecular formula is C26H21ClN4O4S. The second kappa shape index (κ2) is 9.74. The van der Waals surface area contributed by atoms with E-state index in [1.165, 1.54) is 0 Å². The van der Waals surface area contributed by atoms with Gasteiger partial charge in [0.2, 0.25) is 10.0 Å². The summed E-state index contributed by atoms with van der Waals surface area (Å²) in [6.07, 6.45) is 4.74. The molecule has 0 saturated heterocycles. The standard InChI is InChI=1S/C26H21ClN4O4S/c1-36(32,33)30-15-19-14-29-25-11-17(4-9-24(25)31-19)16-2-5-20(6-3-16)34-22-10-18(13-28)26(23(27)12-22)35-21-7-8-21/h2-6,9-12,14,21,30H,7-8,15H2,1H3. The number of sulfonamides is 1. The van der Waals surface area contributed by atoms with Crippen molar-refractivity contribution >= 4 is 32.7 Å². The third-order valence-corrected chi connectivity index (χ3v) is 6.43. The van der Waals surface area contributed by atoms with E-state index in [0.717, 1.165) is 30.2 Å². The first-order valence-corrected chi connectivity index (χ1v) is 13.4. The second-order valence-electron chi connectivity index (χ2n) is 8.50. The van der Waals surface area contributed by atoms with Crippen molar-refractivity contribution in [3.05, 3.63) is 77.1 Å². The summed E-state index contributed by atoms with van der Waals surface area (Å²) in [4.78, 5) is 8.89. The Labute approximate surface area is 213 Å². The Hall–Kier alpha value is -3.71. The highest BCUT2D eigenvalue weighted by Crippen LogP contribution is 2.38. The average Bonchev–Trinajstić information content (AvgIpc) is 3.68. The van der Waals surface area contributed by atoms with Crippen LogP contribution in [0.5, 0.6) is 17.2 Å². The van der Waals surface area contributed by atoms with Crippen LogP contribution in [0, 0.1) is 11.3 Å². The quantitative estimate of drug-likeness (QED) is 0.339. The van der Waals surface area contributed by atoms with E-state index in [9.17, 15) is 13.7 Å². The SMILES string of the molecule is CS(=O)(=O)NCc1cnc2cc(-c3ccc(Oc4cc(Cl)c(OC5CC5)c(C#N)c4)cc3)ccc2n1. The van der Waals surface area contributed by atoms with Gasteiger partial charge < -0.3 is 9.47 Å². The molecule has 3 aromatic carbocycles. The Morgan fingerprint density at radius 3 is 2.50 bits per heavy atom. The molecule has 1 N–H and O–H groups in total. The molecule has 1 aromatic heterocycles. The van der Waals surface area contributed by atoms with Crippen molar-refractivity contribution in [2.45, 2.75) is 25.5 Å². The number of halogens is 1. The van der Waals surface area contributed by atoms with Crippen molar-refractivity contribution in [2.75, 3.05) is 6.26 Å². The van der Waals surface area contributed by atoms with Crippen LogP contribution in [-0.4, -0.2) is 30.7 Å². The van der Waals surface area contributed by atoms with Gasteiger partial charge in [-0.1, -0.05) is 29.8 Å². The Morgan fingerprint density at radius 2 is 1.81 bits per heavy atom. The lowest BCUT2D eigenvalue weighted by molar-refractivity contribution is 0.302. The number of nitrogens with one attached hydrogen (secondary N) is 1. The Bertz CT molecular complexity index is 1600. The van der Waals surface area contributed by atoms with Gasteiger partial charge in [-0.15, -0.1) is 0 Å². The fourth-order valence-corrected chi connectivity index (χ4v) is 4.22. The summed E-state index contributed by atoms with van der Waals surface area (Å²) in [6, 6.07) is 18.6. The Morgan fingerprint density at radius 1 is 1.06 bits per heavy atom. The van der Waals surface area contributed by atoms with Crippen LogP contribution in [0.15, 0.2) is 60.8 Å². The molecule has 1 fully saturated rings. The highest BCUT2D eigenvalue weighted by molar-refractivity contribution is 7.88. The fraction of sp³-hybridized carbons (Fsp3) is 0.192. The lowest BCUT2D eigenvalue weighted by Crippen LogP contribution is -2.21. The van der Waals surface area contributed by atoms with E-state index in [1.54, 1.807) is 18.3 Å². The first-order chi connectivity index (χ1) is 17.3. The van der Waals surface area contributed by atoms with Crippen LogP contribution in [-0.2, 0) is 16.6 Å². The molecule has 36 heavy (non-hydrogen) atoms. The minimum absolute atomic E-state index is 0.0856. The first-order valence-electron chi connectivity index (χ1n) is 11.2. The lowest BCUT2D eigenvalue weighted by Gasteiger charge is -2.12. The molecule has 8 nitrogen and oxygen atoms in total. The molecule has 1 aliphatic rings. The van der Waals surface area contributed by atoms with Crippen molar-refractivity contribution in [1.82, 2.24) is 14.7 Å². The van der Waals surface area contributed by atoms with Crippen LogP contribution in [0.4, 0.5) is 0 Å². The zero-order chi connectivity index (χ0) is 25.3. The number of nitriles is 1. The molecular weight excluding hydrogens is 500 g/mol. The molecule has 1 saturated carbocycles. The number of hydrogen-bond acceptors (Lipinski definition) is 7. The van der Waals surface area contributed by atoms with Crippen LogP contribution >= 0.6 is 11.6 Å².